The Bertz CT molecular complexity index is 837. The molecule has 1 aliphatic rings. The van der Waals surface area contributed by atoms with E-state index in [-0.39, 0.29) is 23.9 Å². The Labute approximate surface area is 173 Å². The maximum Gasteiger partial charge on any atom is 0.223 e. The Balaban J connectivity index is 1.87. The predicted octanol–water partition coefficient (Wildman–Crippen LogP) is 3.93. The highest BCUT2D eigenvalue weighted by atomic mass is 16.5. The van der Waals surface area contributed by atoms with Gasteiger partial charge in [0.15, 0.2) is 11.5 Å². The zero-order chi connectivity index (χ0) is 20.8. The highest BCUT2D eigenvalue weighted by Gasteiger charge is 2.28. The van der Waals surface area contributed by atoms with Crippen LogP contribution in [0.2, 0.25) is 0 Å². The Kier molecular flexibility index (Phi) is 7.15. The van der Waals surface area contributed by atoms with Gasteiger partial charge in [-0.15, -0.1) is 0 Å². The van der Waals surface area contributed by atoms with Crippen LogP contribution in [0.3, 0.4) is 0 Å². The molecule has 1 aliphatic carbocycles. The zero-order valence-corrected chi connectivity index (χ0v) is 17.6. The van der Waals surface area contributed by atoms with Crippen molar-refractivity contribution in [3.63, 3.8) is 0 Å². The lowest BCUT2D eigenvalue weighted by Crippen LogP contribution is -2.39. The van der Waals surface area contributed by atoms with Gasteiger partial charge in [-0.1, -0.05) is 36.8 Å². The smallest absolute Gasteiger partial charge is 0.223 e. The second-order valence-corrected chi connectivity index (χ2v) is 7.93. The molecule has 0 aliphatic heterocycles. The van der Waals surface area contributed by atoms with Crippen molar-refractivity contribution in [2.75, 3.05) is 14.2 Å². The van der Waals surface area contributed by atoms with Crippen molar-refractivity contribution in [1.82, 2.24) is 5.32 Å². The van der Waals surface area contributed by atoms with E-state index >= 15 is 0 Å². The van der Waals surface area contributed by atoms with Gasteiger partial charge in [0.2, 0.25) is 5.91 Å². The molecular weight excluding hydrogens is 364 g/mol. The Hall–Kier alpha value is -2.53. The molecule has 3 rings (SSSR count). The van der Waals surface area contributed by atoms with Crippen molar-refractivity contribution in [3.8, 4) is 11.5 Å². The molecule has 3 atom stereocenters. The van der Waals surface area contributed by atoms with E-state index in [0.717, 1.165) is 31.2 Å². The number of hydrogen-bond donors (Lipinski definition) is 2. The fraction of sp³-hybridized carbons (Fsp3) is 0.458. The van der Waals surface area contributed by atoms with E-state index in [1.54, 1.807) is 14.2 Å². The van der Waals surface area contributed by atoms with Crippen molar-refractivity contribution in [2.45, 2.75) is 51.1 Å². The molecule has 0 saturated heterocycles. The normalized spacial score (nSPS) is 20.0. The summed E-state index contributed by atoms with van der Waals surface area (Å²) in [5.74, 6) is 1.41. The summed E-state index contributed by atoms with van der Waals surface area (Å²) >= 11 is 0. The van der Waals surface area contributed by atoms with Crippen LogP contribution < -0.4 is 20.5 Å². The first-order valence-electron chi connectivity index (χ1n) is 10.3. The fourth-order valence-corrected chi connectivity index (χ4v) is 4.14. The molecule has 1 fully saturated rings. The maximum atomic E-state index is 13.1. The first-order chi connectivity index (χ1) is 14.0. The maximum absolute atomic E-state index is 13.1. The van der Waals surface area contributed by atoms with Gasteiger partial charge in [-0.05, 0) is 61.4 Å². The number of amides is 1. The lowest BCUT2D eigenvalue weighted by Gasteiger charge is -2.28. The highest BCUT2D eigenvalue weighted by Crippen LogP contribution is 2.32. The third-order valence-corrected chi connectivity index (χ3v) is 5.90. The number of nitrogens with one attached hydrogen (secondary N) is 1. The predicted molar refractivity (Wildman–Crippen MR) is 115 cm³/mol. The Morgan fingerprint density at radius 2 is 1.90 bits per heavy atom. The van der Waals surface area contributed by atoms with E-state index in [1.807, 2.05) is 30.3 Å². The Morgan fingerprint density at radius 3 is 2.59 bits per heavy atom. The summed E-state index contributed by atoms with van der Waals surface area (Å²) in [6.07, 6.45) is 4.40. The molecule has 0 aromatic heterocycles. The van der Waals surface area contributed by atoms with Crippen LogP contribution in [0, 0.1) is 12.8 Å². The number of nitrogens with two attached hydrogens (primary N) is 1. The number of ether oxygens (including phenoxy) is 2. The van der Waals surface area contributed by atoms with E-state index in [9.17, 15) is 4.79 Å². The van der Waals surface area contributed by atoms with E-state index in [4.69, 9.17) is 15.2 Å². The molecule has 2 aromatic rings. The SMILES string of the molecule is COc1ccc(C(Cc2ccccc2C)NC(=O)C2CCCC(N)C2)cc1OC. The van der Waals surface area contributed by atoms with Gasteiger partial charge in [0.1, 0.15) is 0 Å². The molecule has 3 unspecified atom stereocenters. The van der Waals surface area contributed by atoms with Gasteiger partial charge in [0, 0.05) is 12.0 Å². The van der Waals surface area contributed by atoms with Gasteiger partial charge in [0.05, 0.1) is 20.3 Å². The van der Waals surface area contributed by atoms with Gasteiger partial charge >= 0.3 is 0 Å². The lowest BCUT2D eigenvalue weighted by molar-refractivity contribution is -0.126. The summed E-state index contributed by atoms with van der Waals surface area (Å²) in [5.41, 5.74) is 9.54. The van der Waals surface area contributed by atoms with Crippen LogP contribution in [0.1, 0.15) is 48.4 Å². The Morgan fingerprint density at radius 1 is 1.14 bits per heavy atom. The first-order valence-corrected chi connectivity index (χ1v) is 10.3. The van der Waals surface area contributed by atoms with Gasteiger partial charge in [0.25, 0.3) is 0 Å². The minimum absolute atomic E-state index is 0.0155. The molecule has 1 saturated carbocycles. The van der Waals surface area contributed by atoms with Gasteiger partial charge < -0.3 is 20.5 Å². The van der Waals surface area contributed by atoms with Crippen LogP contribution in [-0.4, -0.2) is 26.2 Å². The molecule has 0 spiro atoms. The summed E-state index contributed by atoms with van der Waals surface area (Å²) < 4.78 is 10.9. The summed E-state index contributed by atoms with van der Waals surface area (Å²) in [7, 11) is 3.25. The molecule has 0 heterocycles. The van der Waals surface area contributed by atoms with Gasteiger partial charge in [-0.25, -0.2) is 0 Å². The number of carbonyl (C=O) groups is 1. The van der Waals surface area contributed by atoms with E-state index in [0.29, 0.717) is 17.9 Å². The molecule has 2 aromatic carbocycles. The van der Waals surface area contributed by atoms with Gasteiger partial charge in [-0.2, -0.15) is 0 Å². The largest absolute Gasteiger partial charge is 0.493 e. The molecular formula is C24H32N2O3. The molecule has 0 radical (unpaired) electrons. The molecule has 5 heteroatoms. The average molecular weight is 397 g/mol. The number of benzene rings is 2. The monoisotopic (exact) mass is 396 g/mol. The first kappa shape index (κ1) is 21.2. The van der Waals surface area contributed by atoms with E-state index in [1.165, 1.54) is 11.1 Å². The summed E-state index contributed by atoms with van der Waals surface area (Å²) in [6, 6.07) is 14.1. The van der Waals surface area contributed by atoms with Crippen LogP contribution >= 0.6 is 0 Å². The third kappa shape index (κ3) is 5.30. The van der Waals surface area contributed by atoms with E-state index in [2.05, 4.69) is 24.4 Å². The van der Waals surface area contributed by atoms with Crippen LogP contribution in [0.5, 0.6) is 11.5 Å². The minimum Gasteiger partial charge on any atom is -0.493 e. The number of carbonyl (C=O) groups excluding carboxylic acids is 1. The van der Waals surface area contributed by atoms with Crippen LogP contribution in [0.15, 0.2) is 42.5 Å². The third-order valence-electron chi connectivity index (χ3n) is 5.90. The zero-order valence-electron chi connectivity index (χ0n) is 17.6. The van der Waals surface area contributed by atoms with Crippen molar-refractivity contribution in [1.29, 1.82) is 0 Å². The van der Waals surface area contributed by atoms with Crippen LogP contribution in [-0.2, 0) is 11.2 Å². The second-order valence-electron chi connectivity index (χ2n) is 7.93. The standard InChI is InChI=1S/C24H32N2O3/c1-16-7-4-5-8-17(16)14-21(18-11-12-22(28-2)23(15-18)29-3)26-24(27)19-9-6-10-20(25)13-19/h4-5,7-8,11-12,15,19-21H,6,9-10,13-14,25H2,1-3H3,(H,26,27). The highest BCUT2D eigenvalue weighted by molar-refractivity contribution is 5.79. The fourth-order valence-electron chi connectivity index (χ4n) is 4.14. The van der Waals surface area contributed by atoms with Crippen molar-refractivity contribution >= 4 is 5.91 Å². The van der Waals surface area contributed by atoms with Crippen LogP contribution in [0.4, 0.5) is 0 Å². The molecule has 5 nitrogen and oxygen atoms in total. The summed E-state index contributed by atoms with van der Waals surface area (Å²) in [6.45, 7) is 2.10. The quantitative estimate of drug-likeness (QED) is 0.744. The summed E-state index contributed by atoms with van der Waals surface area (Å²) in [5, 5.41) is 3.30. The molecule has 0 bridgehead atoms. The van der Waals surface area contributed by atoms with Crippen molar-refractivity contribution < 1.29 is 14.3 Å². The van der Waals surface area contributed by atoms with Gasteiger partial charge in [-0.3, -0.25) is 4.79 Å². The van der Waals surface area contributed by atoms with E-state index < -0.39 is 0 Å². The van der Waals surface area contributed by atoms with Crippen LogP contribution in [0.25, 0.3) is 0 Å². The molecule has 3 N–H and O–H groups in total. The average Bonchev–Trinajstić information content (AvgIpc) is 2.74. The number of aryl methyl sites for hydroxylation is 1. The molecule has 1 amide bonds. The van der Waals surface area contributed by atoms with Crippen molar-refractivity contribution in [2.24, 2.45) is 11.7 Å². The summed E-state index contributed by atoms with van der Waals surface area (Å²) in [4.78, 5) is 13.1. The topological polar surface area (TPSA) is 73.6 Å². The molecule has 156 valence electrons. The minimum atomic E-state index is -0.151. The second kappa shape index (κ2) is 9.79. The number of hydrogen-bond acceptors (Lipinski definition) is 4. The number of methoxy groups -OCH3 is 2. The lowest BCUT2D eigenvalue weighted by atomic mass is 9.85. The van der Waals surface area contributed by atoms with Crippen molar-refractivity contribution in [3.05, 3.63) is 59.2 Å². The number of rotatable bonds is 7. The molecule has 29 heavy (non-hydrogen) atoms.